The first kappa shape index (κ1) is 42.6. The van der Waals surface area contributed by atoms with Crippen molar-refractivity contribution in [2.45, 2.75) is 70.0 Å². The third-order valence-electron chi connectivity index (χ3n) is 7.77. The molecule has 0 saturated heterocycles. The third kappa shape index (κ3) is 12.1. The maximum atomic E-state index is 14.3. The van der Waals surface area contributed by atoms with Gasteiger partial charge in [0, 0.05) is 43.8 Å². The van der Waals surface area contributed by atoms with E-state index in [-0.39, 0.29) is 53.2 Å². The smallest absolute Gasteiger partial charge is 0.408 e. The molecule has 0 spiro atoms. The molecular formula is C35H42Cl2F2N4O8S. The number of carboxylic acid groups (broad SMARTS) is 1. The fourth-order valence-electron chi connectivity index (χ4n) is 5.21. The van der Waals surface area contributed by atoms with Crippen molar-refractivity contribution < 1.29 is 46.2 Å². The first-order valence-corrected chi connectivity index (χ1v) is 18.6. The van der Waals surface area contributed by atoms with Crippen molar-refractivity contribution in [3.8, 4) is 0 Å². The van der Waals surface area contributed by atoms with E-state index < -0.39 is 70.5 Å². The van der Waals surface area contributed by atoms with E-state index in [4.69, 9.17) is 32.7 Å². The summed E-state index contributed by atoms with van der Waals surface area (Å²) in [7, 11) is -4.44. The minimum absolute atomic E-state index is 0.0668. The molecule has 0 radical (unpaired) electrons. The van der Waals surface area contributed by atoms with Crippen molar-refractivity contribution in [1.29, 1.82) is 0 Å². The molecule has 0 bridgehead atoms. The number of hydrogen-bond donors (Lipinski definition) is 3. The molecule has 0 aromatic heterocycles. The molecule has 0 aliphatic rings. The van der Waals surface area contributed by atoms with Gasteiger partial charge in [-0.2, -0.15) is 0 Å². The molecule has 12 nitrogen and oxygen atoms in total. The van der Waals surface area contributed by atoms with E-state index in [1.165, 1.54) is 23.1 Å². The minimum atomic E-state index is -4.44. The number of carbonyl (C=O) groups is 3. The Kier molecular flexibility index (Phi) is 16.2. The van der Waals surface area contributed by atoms with E-state index in [9.17, 15) is 36.7 Å². The molecule has 0 aliphatic carbocycles. The largest absolute Gasteiger partial charge is 0.465 e. The van der Waals surface area contributed by atoms with Crippen LogP contribution in [-0.2, 0) is 42.1 Å². The van der Waals surface area contributed by atoms with Crippen molar-refractivity contribution in [2.75, 3.05) is 26.3 Å². The average Bonchev–Trinajstić information content (AvgIpc) is 3.08. The Morgan fingerprint density at radius 3 is 2.10 bits per heavy atom. The zero-order chi connectivity index (χ0) is 38.6. The van der Waals surface area contributed by atoms with Crippen LogP contribution in [0.25, 0.3) is 0 Å². The lowest BCUT2D eigenvalue weighted by atomic mass is 10.0. The van der Waals surface area contributed by atoms with Gasteiger partial charge < -0.3 is 24.8 Å². The molecule has 17 heteroatoms. The number of rotatable bonds is 19. The van der Waals surface area contributed by atoms with Crippen LogP contribution in [0.5, 0.6) is 0 Å². The number of hydrogen-bond acceptors (Lipinski definition) is 7. The molecule has 0 aliphatic heterocycles. The van der Waals surface area contributed by atoms with E-state index in [0.29, 0.717) is 5.56 Å². The highest BCUT2D eigenvalue weighted by molar-refractivity contribution is 7.89. The van der Waals surface area contributed by atoms with Crippen LogP contribution >= 0.6 is 23.2 Å². The van der Waals surface area contributed by atoms with Gasteiger partial charge in [0.05, 0.1) is 11.6 Å². The second-order valence-electron chi connectivity index (χ2n) is 11.8. The normalized spacial score (nSPS) is 12.8. The predicted molar refractivity (Wildman–Crippen MR) is 191 cm³/mol. The van der Waals surface area contributed by atoms with Crippen LogP contribution in [0.15, 0.2) is 71.6 Å². The number of nitrogens with one attached hydrogen (secondary N) is 2. The highest BCUT2D eigenvalue weighted by Crippen LogP contribution is 2.25. The molecule has 3 N–H and O–H groups in total. The molecule has 0 fully saturated rings. The van der Waals surface area contributed by atoms with Crippen LogP contribution in [0.4, 0.5) is 13.6 Å². The van der Waals surface area contributed by atoms with Gasteiger partial charge in [-0.3, -0.25) is 14.5 Å². The second kappa shape index (κ2) is 19.8. The fraction of sp³-hybridized carbons (Fsp3) is 0.400. The lowest BCUT2D eigenvalue weighted by Gasteiger charge is -2.35. The second-order valence-corrected chi connectivity index (χ2v) is 14.4. The number of sulfonamides is 1. The monoisotopic (exact) mass is 786 g/mol. The van der Waals surface area contributed by atoms with E-state index in [1.54, 1.807) is 58.0 Å². The molecular weight excluding hydrogens is 745 g/mol. The van der Waals surface area contributed by atoms with Gasteiger partial charge in [-0.05, 0) is 69.2 Å². The quantitative estimate of drug-likeness (QED) is 0.135. The fourth-order valence-corrected chi connectivity index (χ4v) is 7.02. The summed E-state index contributed by atoms with van der Waals surface area (Å²) in [5.41, 5.74) is 0.617. The SMILES string of the molecule is CCOC(CN(C(=O)C(Cc1ccc(F)c(F)c1)NC(=O)C(CNS(=O)(=O)c1ccc(Cl)cc1Cl)N(Cc1ccccc1)C(=O)O)C(C)C)OCC. The molecule has 3 amide bonds. The van der Waals surface area contributed by atoms with Crippen LogP contribution in [0.1, 0.15) is 38.8 Å². The van der Waals surface area contributed by atoms with E-state index >= 15 is 0 Å². The standard InChI is InChI=1S/C35H42Cl2F2N4O8S/c1-5-50-32(51-6-2)21-42(22(3)4)34(45)29(17-24-12-14-27(38)28(39)16-24)41-33(44)30(43(35(46)47)20-23-10-8-7-9-11-23)19-40-52(48,49)31-15-13-25(36)18-26(31)37/h7-16,18,22,29-30,32,40H,5-6,17,19-21H2,1-4H3,(H,41,44)(H,46,47). The minimum Gasteiger partial charge on any atom is -0.465 e. The van der Waals surface area contributed by atoms with Gasteiger partial charge in [0.25, 0.3) is 0 Å². The van der Waals surface area contributed by atoms with Crippen molar-refractivity contribution in [1.82, 2.24) is 19.8 Å². The Hall–Kier alpha value is -3.86. The summed E-state index contributed by atoms with van der Waals surface area (Å²) in [4.78, 5) is 42.9. The molecule has 0 saturated carbocycles. The number of halogens is 4. The van der Waals surface area contributed by atoms with Crippen LogP contribution in [0, 0.1) is 11.6 Å². The average molecular weight is 788 g/mol. The Balaban J connectivity index is 2.06. The summed E-state index contributed by atoms with van der Waals surface area (Å²) in [6.07, 6.45) is -2.75. The Morgan fingerprint density at radius 2 is 1.54 bits per heavy atom. The van der Waals surface area contributed by atoms with E-state index in [1.807, 2.05) is 0 Å². The first-order chi connectivity index (χ1) is 24.6. The van der Waals surface area contributed by atoms with Crippen LogP contribution in [-0.4, -0.2) is 92.0 Å². The highest BCUT2D eigenvalue weighted by Gasteiger charge is 2.36. The molecule has 52 heavy (non-hydrogen) atoms. The predicted octanol–water partition coefficient (Wildman–Crippen LogP) is 5.46. The van der Waals surface area contributed by atoms with Gasteiger partial charge in [0.2, 0.25) is 21.8 Å². The Labute approximate surface area is 312 Å². The lowest BCUT2D eigenvalue weighted by molar-refractivity contribution is -0.163. The molecule has 284 valence electrons. The van der Waals surface area contributed by atoms with Crippen LogP contribution in [0.3, 0.4) is 0 Å². The van der Waals surface area contributed by atoms with Gasteiger partial charge in [0.15, 0.2) is 17.9 Å². The van der Waals surface area contributed by atoms with Crippen LogP contribution in [0.2, 0.25) is 10.0 Å². The summed E-state index contributed by atoms with van der Waals surface area (Å²) in [5, 5.41) is 12.9. The molecule has 0 heterocycles. The molecule has 3 aromatic carbocycles. The summed E-state index contributed by atoms with van der Waals surface area (Å²) in [6, 6.07) is 11.2. The van der Waals surface area contributed by atoms with Gasteiger partial charge in [-0.25, -0.2) is 26.7 Å². The maximum absolute atomic E-state index is 14.3. The number of ether oxygens (including phenoxy) is 2. The molecule has 2 atom stereocenters. The van der Waals surface area contributed by atoms with Gasteiger partial charge in [-0.1, -0.05) is 59.6 Å². The Morgan fingerprint density at radius 1 is 0.885 bits per heavy atom. The molecule has 3 aromatic rings. The number of carbonyl (C=O) groups excluding carboxylic acids is 2. The van der Waals surface area contributed by atoms with Gasteiger partial charge in [0.1, 0.15) is 17.0 Å². The maximum Gasteiger partial charge on any atom is 0.408 e. The zero-order valence-electron chi connectivity index (χ0n) is 29.0. The van der Waals surface area contributed by atoms with Crippen LogP contribution < -0.4 is 10.0 Å². The number of nitrogens with zero attached hydrogens (tertiary/aromatic N) is 2. The molecule has 3 rings (SSSR count). The zero-order valence-corrected chi connectivity index (χ0v) is 31.4. The number of amides is 3. The van der Waals surface area contributed by atoms with Crippen molar-refractivity contribution in [3.63, 3.8) is 0 Å². The lowest BCUT2D eigenvalue weighted by Crippen LogP contribution is -2.59. The summed E-state index contributed by atoms with van der Waals surface area (Å²) in [6.45, 7) is 6.27. The Bertz CT molecular complexity index is 1780. The van der Waals surface area contributed by atoms with E-state index in [2.05, 4.69) is 10.0 Å². The highest BCUT2D eigenvalue weighted by atomic mass is 35.5. The third-order valence-corrected chi connectivity index (χ3v) is 9.91. The molecule has 2 unspecified atom stereocenters. The topological polar surface area (TPSA) is 155 Å². The first-order valence-electron chi connectivity index (χ1n) is 16.3. The number of benzene rings is 3. The van der Waals surface area contributed by atoms with Gasteiger partial charge >= 0.3 is 6.09 Å². The van der Waals surface area contributed by atoms with E-state index in [0.717, 1.165) is 23.1 Å². The summed E-state index contributed by atoms with van der Waals surface area (Å²) in [5.74, 6) is -4.04. The summed E-state index contributed by atoms with van der Waals surface area (Å²) >= 11 is 12.1. The summed E-state index contributed by atoms with van der Waals surface area (Å²) < 4.78 is 68.4. The van der Waals surface area contributed by atoms with Gasteiger partial charge in [-0.15, -0.1) is 0 Å². The van der Waals surface area contributed by atoms with Crippen molar-refractivity contribution in [3.05, 3.63) is 99.5 Å². The van der Waals surface area contributed by atoms with Crippen molar-refractivity contribution in [2.24, 2.45) is 0 Å². The van der Waals surface area contributed by atoms with Crippen molar-refractivity contribution >= 4 is 51.1 Å².